The van der Waals surface area contributed by atoms with Gasteiger partial charge in [-0.1, -0.05) is 36.4 Å². The Hall–Kier alpha value is -3.28. The van der Waals surface area contributed by atoms with E-state index in [1.54, 1.807) is 48.5 Å². The molecule has 3 amide bonds. The maximum atomic E-state index is 12.3. The molecule has 25 heavy (non-hydrogen) atoms. The van der Waals surface area contributed by atoms with Crippen LogP contribution < -0.4 is 5.73 Å². The summed E-state index contributed by atoms with van der Waals surface area (Å²) >= 11 is 0. The highest BCUT2D eigenvalue weighted by atomic mass is 16.2. The predicted molar refractivity (Wildman–Crippen MR) is 90.1 cm³/mol. The van der Waals surface area contributed by atoms with Gasteiger partial charge in [0.05, 0.1) is 17.5 Å². The fourth-order valence-corrected chi connectivity index (χ4v) is 2.81. The first kappa shape index (κ1) is 16.6. The minimum Gasteiger partial charge on any atom is -0.369 e. The number of benzene rings is 2. The molecule has 1 heterocycles. The number of ketones is 1. The largest absolute Gasteiger partial charge is 0.369 e. The fourth-order valence-electron chi connectivity index (χ4n) is 2.81. The number of primary amides is 1. The first-order valence-electron chi connectivity index (χ1n) is 7.83. The predicted octanol–water partition coefficient (Wildman–Crippen LogP) is 1.58. The molecule has 0 radical (unpaired) electrons. The molecule has 0 saturated carbocycles. The Bertz CT molecular complexity index is 836. The molecule has 3 rings (SSSR count). The number of nitrogens with zero attached hydrogens (tertiary/aromatic N) is 1. The van der Waals surface area contributed by atoms with Gasteiger partial charge in [-0.25, -0.2) is 0 Å². The Balaban J connectivity index is 1.64. The normalized spacial score (nSPS) is 13.0. The van der Waals surface area contributed by atoms with E-state index in [4.69, 9.17) is 5.73 Å². The monoisotopic (exact) mass is 336 g/mol. The van der Waals surface area contributed by atoms with Gasteiger partial charge < -0.3 is 5.73 Å². The molecule has 0 aromatic heterocycles. The van der Waals surface area contributed by atoms with E-state index in [9.17, 15) is 19.2 Å². The van der Waals surface area contributed by atoms with Crippen molar-refractivity contribution in [2.75, 3.05) is 6.54 Å². The number of rotatable bonds is 6. The number of hydrogen-bond donors (Lipinski definition) is 1. The second-order valence-corrected chi connectivity index (χ2v) is 5.82. The van der Waals surface area contributed by atoms with Gasteiger partial charge in [0.15, 0.2) is 5.78 Å². The third-order valence-corrected chi connectivity index (χ3v) is 4.09. The van der Waals surface area contributed by atoms with Crippen LogP contribution in [0.4, 0.5) is 0 Å². The molecule has 6 nitrogen and oxygen atoms in total. The summed E-state index contributed by atoms with van der Waals surface area (Å²) < 4.78 is 0. The first-order valence-corrected chi connectivity index (χ1v) is 7.83. The van der Waals surface area contributed by atoms with Gasteiger partial charge >= 0.3 is 0 Å². The van der Waals surface area contributed by atoms with Crippen LogP contribution in [0.2, 0.25) is 0 Å². The molecule has 2 N–H and O–H groups in total. The Morgan fingerprint density at radius 2 is 1.44 bits per heavy atom. The number of fused-ring (bicyclic) bond motifs is 1. The summed E-state index contributed by atoms with van der Waals surface area (Å²) in [4.78, 5) is 48.8. The molecule has 1 aliphatic heterocycles. The maximum Gasteiger partial charge on any atom is 0.261 e. The van der Waals surface area contributed by atoms with Crippen LogP contribution in [0.1, 0.15) is 43.1 Å². The zero-order chi connectivity index (χ0) is 18.0. The van der Waals surface area contributed by atoms with Gasteiger partial charge in [-0.05, 0) is 17.7 Å². The van der Waals surface area contributed by atoms with E-state index in [-0.39, 0.29) is 37.0 Å². The van der Waals surface area contributed by atoms with Crippen molar-refractivity contribution in [3.8, 4) is 0 Å². The standard InChI is InChI=1S/C19H16N2O4/c20-17(23)11-12-5-7-13(8-6-12)16(22)9-10-21-18(24)14-3-1-2-4-15(14)19(21)25/h1-8H,9-11H2,(H2,20,23). The molecular formula is C19H16N2O4. The molecule has 6 heteroatoms. The van der Waals surface area contributed by atoms with E-state index in [0.717, 1.165) is 10.5 Å². The number of carbonyl (C=O) groups excluding carboxylic acids is 4. The topological polar surface area (TPSA) is 97.5 Å². The van der Waals surface area contributed by atoms with Crippen molar-refractivity contribution in [2.24, 2.45) is 5.73 Å². The molecule has 0 fully saturated rings. The lowest BCUT2D eigenvalue weighted by molar-refractivity contribution is -0.117. The van der Waals surface area contributed by atoms with Crippen LogP contribution in [0.3, 0.4) is 0 Å². The molecule has 1 aliphatic rings. The van der Waals surface area contributed by atoms with E-state index < -0.39 is 5.91 Å². The summed E-state index contributed by atoms with van der Waals surface area (Å²) in [6, 6.07) is 13.2. The maximum absolute atomic E-state index is 12.3. The first-order chi connectivity index (χ1) is 12.0. The van der Waals surface area contributed by atoms with Crippen LogP contribution in [0, 0.1) is 0 Å². The number of Topliss-reactive ketones (excluding diaryl/α,β-unsaturated/α-hetero) is 1. The summed E-state index contributed by atoms with van der Waals surface area (Å²) in [6.07, 6.45) is 0.157. The van der Waals surface area contributed by atoms with Crippen LogP contribution in [-0.4, -0.2) is 34.9 Å². The SMILES string of the molecule is NC(=O)Cc1ccc(C(=O)CCN2C(=O)c3ccccc3C2=O)cc1. The minimum absolute atomic E-state index is 0.0359. The Kier molecular flexibility index (Phi) is 4.43. The van der Waals surface area contributed by atoms with Gasteiger partial charge in [-0.15, -0.1) is 0 Å². The number of carbonyl (C=O) groups is 4. The summed E-state index contributed by atoms with van der Waals surface area (Å²) in [5.41, 5.74) is 7.06. The molecule has 2 aromatic carbocycles. The summed E-state index contributed by atoms with van der Waals surface area (Å²) in [6.45, 7) is 0.0359. The van der Waals surface area contributed by atoms with Crippen molar-refractivity contribution >= 4 is 23.5 Å². The van der Waals surface area contributed by atoms with Crippen LogP contribution in [-0.2, 0) is 11.2 Å². The van der Waals surface area contributed by atoms with E-state index in [1.807, 2.05) is 0 Å². The third kappa shape index (κ3) is 3.33. The lowest BCUT2D eigenvalue weighted by Gasteiger charge is -2.13. The highest BCUT2D eigenvalue weighted by molar-refractivity contribution is 6.21. The second kappa shape index (κ2) is 6.68. The van der Waals surface area contributed by atoms with E-state index >= 15 is 0 Å². The Morgan fingerprint density at radius 3 is 1.96 bits per heavy atom. The number of hydrogen-bond acceptors (Lipinski definition) is 4. The van der Waals surface area contributed by atoms with Crippen molar-refractivity contribution in [2.45, 2.75) is 12.8 Å². The number of imide groups is 1. The molecule has 2 aromatic rings. The molecule has 126 valence electrons. The summed E-state index contributed by atoms with van der Waals surface area (Å²) in [7, 11) is 0. The van der Waals surface area contributed by atoms with E-state index in [1.165, 1.54) is 0 Å². The fraction of sp³-hybridized carbons (Fsp3) is 0.158. The highest BCUT2D eigenvalue weighted by Crippen LogP contribution is 2.22. The van der Waals surface area contributed by atoms with Crippen molar-refractivity contribution in [3.63, 3.8) is 0 Å². The quantitative estimate of drug-likeness (QED) is 0.640. The number of amides is 3. The van der Waals surface area contributed by atoms with Crippen molar-refractivity contribution in [3.05, 3.63) is 70.8 Å². The molecule has 0 spiro atoms. The van der Waals surface area contributed by atoms with Gasteiger partial charge in [0.2, 0.25) is 5.91 Å². The molecule has 0 atom stereocenters. The van der Waals surface area contributed by atoms with Crippen molar-refractivity contribution in [1.82, 2.24) is 4.90 Å². The lowest BCUT2D eigenvalue weighted by atomic mass is 10.0. The Labute approximate surface area is 144 Å². The van der Waals surface area contributed by atoms with E-state index in [2.05, 4.69) is 0 Å². The third-order valence-electron chi connectivity index (χ3n) is 4.09. The van der Waals surface area contributed by atoms with Gasteiger partial charge in [0, 0.05) is 18.5 Å². The Morgan fingerprint density at radius 1 is 0.880 bits per heavy atom. The van der Waals surface area contributed by atoms with Crippen molar-refractivity contribution < 1.29 is 19.2 Å². The van der Waals surface area contributed by atoms with Gasteiger partial charge in [-0.3, -0.25) is 24.1 Å². The van der Waals surface area contributed by atoms with Crippen LogP contribution in [0.15, 0.2) is 48.5 Å². The highest BCUT2D eigenvalue weighted by Gasteiger charge is 2.34. The average Bonchev–Trinajstić information content (AvgIpc) is 2.84. The van der Waals surface area contributed by atoms with Gasteiger partial charge in [0.1, 0.15) is 0 Å². The molecule has 0 aliphatic carbocycles. The lowest BCUT2D eigenvalue weighted by Crippen LogP contribution is -2.31. The molecular weight excluding hydrogens is 320 g/mol. The summed E-state index contributed by atoms with van der Waals surface area (Å²) in [5, 5.41) is 0. The smallest absolute Gasteiger partial charge is 0.261 e. The van der Waals surface area contributed by atoms with Crippen LogP contribution in [0.25, 0.3) is 0 Å². The van der Waals surface area contributed by atoms with E-state index in [0.29, 0.717) is 16.7 Å². The van der Waals surface area contributed by atoms with Gasteiger partial charge in [-0.2, -0.15) is 0 Å². The van der Waals surface area contributed by atoms with Crippen LogP contribution in [0.5, 0.6) is 0 Å². The van der Waals surface area contributed by atoms with Crippen molar-refractivity contribution in [1.29, 1.82) is 0 Å². The van der Waals surface area contributed by atoms with Gasteiger partial charge in [0.25, 0.3) is 11.8 Å². The average molecular weight is 336 g/mol. The second-order valence-electron chi connectivity index (χ2n) is 5.82. The molecule has 0 saturated heterocycles. The molecule has 0 unspecified atom stereocenters. The number of nitrogens with two attached hydrogens (primary N) is 1. The minimum atomic E-state index is -0.440. The zero-order valence-corrected chi connectivity index (χ0v) is 13.4. The summed E-state index contributed by atoms with van der Waals surface area (Å²) in [5.74, 6) is -1.36. The molecule has 0 bridgehead atoms. The van der Waals surface area contributed by atoms with Crippen LogP contribution >= 0.6 is 0 Å². The zero-order valence-electron chi connectivity index (χ0n) is 13.4.